The van der Waals surface area contributed by atoms with E-state index in [-0.39, 0.29) is 12.3 Å². The van der Waals surface area contributed by atoms with Gasteiger partial charge in [0, 0.05) is 15.5 Å². The maximum atomic E-state index is 12.2. The Bertz CT molecular complexity index is 780. The predicted octanol–water partition coefficient (Wildman–Crippen LogP) is 4.45. The molecule has 0 fully saturated rings. The van der Waals surface area contributed by atoms with Gasteiger partial charge in [-0.2, -0.15) is 0 Å². The molecule has 6 heteroatoms. The number of hydrogen-bond donors (Lipinski definition) is 1. The van der Waals surface area contributed by atoms with Crippen LogP contribution in [0.3, 0.4) is 0 Å². The standard InChI is InChI=1S/C18H16ClNO3S/c1-11(12-6-2-3-7-13(12)19)23-17(21)10-16-18(22)20-14-8-4-5-9-15(14)24-16/h2-9,11,16H,10H2,1H3,(H,20,22)/t11-,16+/m1/s1. The molecule has 1 N–H and O–H groups in total. The van der Waals surface area contributed by atoms with Gasteiger partial charge in [-0.25, -0.2) is 0 Å². The minimum Gasteiger partial charge on any atom is -0.458 e. The maximum absolute atomic E-state index is 12.2. The van der Waals surface area contributed by atoms with Crippen LogP contribution in [-0.4, -0.2) is 17.1 Å². The number of rotatable bonds is 4. The lowest BCUT2D eigenvalue weighted by atomic mass is 10.1. The highest BCUT2D eigenvalue weighted by Gasteiger charge is 2.30. The first-order valence-electron chi connectivity index (χ1n) is 7.55. The molecule has 2 atom stereocenters. The van der Waals surface area contributed by atoms with Gasteiger partial charge in [0.05, 0.1) is 17.4 Å². The summed E-state index contributed by atoms with van der Waals surface area (Å²) < 4.78 is 5.44. The number of ether oxygens (including phenoxy) is 1. The summed E-state index contributed by atoms with van der Waals surface area (Å²) in [5.74, 6) is -0.601. The number of carbonyl (C=O) groups is 2. The molecule has 0 spiro atoms. The number of hydrogen-bond acceptors (Lipinski definition) is 4. The molecule has 0 saturated heterocycles. The van der Waals surface area contributed by atoms with Gasteiger partial charge in [0.2, 0.25) is 5.91 Å². The van der Waals surface area contributed by atoms with Gasteiger partial charge in [-0.1, -0.05) is 41.9 Å². The molecule has 3 rings (SSSR count). The van der Waals surface area contributed by atoms with Gasteiger partial charge in [0.25, 0.3) is 0 Å². The summed E-state index contributed by atoms with van der Waals surface area (Å²) in [4.78, 5) is 25.3. The molecule has 1 aliphatic rings. The summed E-state index contributed by atoms with van der Waals surface area (Å²) in [5, 5.41) is 2.88. The van der Waals surface area contributed by atoms with Crippen LogP contribution in [0.4, 0.5) is 5.69 Å². The number of thioether (sulfide) groups is 1. The topological polar surface area (TPSA) is 55.4 Å². The minimum atomic E-state index is -0.495. The van der Waals surface area contributed by atoms with Crippen LogP contribution in [0.25, 0.3) is 0 Å². The average molecular weight is 362 g/mol. The second-order valence-corrected chi connectivity index (χ2v) is 7.10. The number of nitrogens with one attached hydrogen (secondary N) is 1. The van der Waals surface area contributed by atoms with E-state index in [4.69, 9.17) is 16.3 Å². The molecule has 2 aromatic carbocycles. The molecule has 0 bridgehead atoms. The molecule has 2 aromatic rings. The zero-order valence-electron chi connectivity index (χ0n) is 13.0. The van der Waals surface area contributed by atoms with Crippen LogP contribution >= 0.6 is 23.4 Å². The molecule has 124 valence electrons. The van der Waals surface area contributed by atoms with Crippen LogP contribution < -0.4 is 5.32 Å². The zero-order valence-corrected chi connectivity index (χ0v) is 14.6. The number of halogens is 1. The number of amides is 1. The van der Waals surface area contributed by atoms with Gasteiger partial charge >= 0.3 is 5.97 Å². The smallest absolute Gasteiger partial charge is 0.308 e. The van der Waals surface area contributed by atoms with E-state index in [0.717, 1.165) is 16.1 Å². The Balaban J connectivity index is 1.63. The van der Waals surface area contributed by atoms with Crippen molar-refractivity contribution in [2.45, 2.75) is 29.6 Å². The second kappa shape index (κ2) is 7.28. The Morgan fingerprint density at radius 3 is 2.75 bits per heavy atom. The van der Waals surface area contributed by atoms with Gasteiger partial charge in [0.15, 0.2) is 0 Å². The van der Waals surface area contributed by atoms with E-state index in [1.807, 2.05) is 42.5 Å². The first-order valence-corrected chi connectivity index (χ1v) is 8.81. The molecule has 1 amide bonds. The highest BCUT2D eigenvalue weighted by Crippen LogP contribution is 2.37. The van der Waals surface area contributed by atoms with E-state index < -0.39 is 17.3 Å². The van der Waals surface area contributed by atoms with Crippen molar-refractivity contribution >= 4 is 40.9 Å². The lowest BCUT2D eigenvalue weighted by Crippen LogP contribution is -2.31. The van der Waals surface area contributed by atoms with Gasteiger partial charge < -0.3 is 10.1 Å². The largest absolute Gasteiger partial charge is 0.458 e. The van der Waals surface area contributed by atoms with Crippen LogP contribution in [-0.2, 0) is 14.3 Å². The Kier molecular flexibility index (Phi) is 5.11. The van der Waals surface area contributed by atoms with E-state index >= 15 is 0 Å². The summed E-state index contributed by atoms with van der Waals surface area (Å²) >= 11 is 7.49. The maximum Gasteiger partial charge on any atom is 0.308 e. The molecule has 0 unspecified atom stereocenters. The highest BCUT2D eigenvalue weighted by molar-refractivity contribution is 8.01. The molecule has 1 aliphatic heterocycles. The van der Waals surface area contributed by atoms with Crippen molar-refractivity contribution in [1.82, 2.24) is 0 Å². The lowest BCUT2D eigenvalue weighted by molar-refractivity contribution is -0.149. The summed E-state index contributed by atoms with van der Waals surface area (Å²) in [7, 11) is 0. The van der Waals surface area contributed by atoms with Crippen LogP contribution in [0.2, 0.25) is 5.02 Å². The van der Waals surface area contributed by atoms with E-state index in [9.17, 15) is 9.59 Å². The van der Waals surface area contributed by atoms with Crippen molar-refractivity contribution in [1.29, 1.82) is 0 Å². The Morgan fingerprint density at radius 2 is 1.96 bits per heavy atom. The van der Waals surface area contributed by atoms with E-state index in [2.05, 4.69) is 5.32 Å². The normalized spacial score (nSPS) is 17.6. The number of carbonyl (C=O) groups excluding carboxylic acids is 2. The number of para-hydroxylation sites is 1. The van der Waals surface area contributed by atoms with Crippen molar-refractivity contribution in [3.8, 4) is 0 Å². The molecule has 1 heterocycles. The molecular formula is C18H16ClNO3S. The fourth-order valence-corrected chi connectivity index (χ4v) is 3.88. The quantitative estimate of drug-likeness (QED) is 0.817. The number of benzene rings is 2. The van der Waals surface area contributed by atoms with Crippen molar-refractivity contribution in [2.75, 3.05) is 5.32 Å². The van der Waals surface area contributed by atoms with Gasteiger partial charge in [0.1, 0.15) is 6.10 Å². The van der Waals surface area contributed by atoms with E-state index in [1.54, 1.807) is 13.0 Å². The third kappa shape index (κ3) is 3.74. The summed E-state index contributed by atoms with van der Waals surface area (Å²) in [5.41, 5.74) is 1.53. The van der Waals surface area contributed by atoms with Gasteiger partial charge in [-0.3, -0.25) is 9.59 Å². The third-order valence-electron chi connectivity index (χ3n) is 3.71. The Hall–Kier alpha value is -1.98. The van der Waals surface area contributed by atoms with Crippen LogP contribution in [0, 0.1) is 0 Å². The van der Waals surface area contributed by atoms with Crippen molar-refractivity contribution in [3.63, 3.8) is 0 Å². The van der Waals surface area contributed by atoms with Crippen LogP contribution in [0.5, 0.6) is 0 Å². The number of anilines is 1. The van der Waals surface area contributed by atoms with Crippen molar-refractivity contribution < 1.29 is 14.3 Å². The highest BCUT2D eigenvalue weighted by atomic mass is 35.5. The van der Waals surface area contributed by atoms with Gasteiger partial charge in [-0.05, 0) is 25.1 Å². The fourth-order valence-electron chi connectivity index (χ4n) is 2.49. The Labute approximate surface area is 149 Å². The SMILES string of the molecule is C[C@@H](OC(=O)C[C@@H]1Sc2ccccc2NC1=O)c1ccccc1Cl. The average Bonchev–Trinajstić information content (AvgIpc) is 2.55. The molecule has 4 nitrogen and oxygen atoms in total. The molecule has 24 heavy (non-hydrogen) atoms. The second-order valence-electron chi connectivity index (χ2n) is 5.45. The van der Waals surface area contributed by atoms with Crippen molar-refractivity contribution in [2.24, 2.45) is 0 Å². The number of fused-ring (bicyclic) bond motifs is 1. The van der Waals surface area contributed by atoms with Crippen LogP contribution in [0.1, 0.15) is 25.0 Å². The minimum absolute atomic E-state index is 0.0135. The van der Waals surface area contributed by atoms with Gasteiger partial charge in [-0.15, -0.1) is 11.8 Å². The summed E-state index contributed by atoms with van der Waals surface area (Å²) in [6, 6.07) is 14.8. The summed E-state index contributed by atoms with van der Waals surface area (Å²) in [6.45, 7) is 1.77. The van der Waals surface area contributed by atoms with E-state index in [0.29, 0.717) is 5.02 Å². The monoisotopic (exact) mass is 361 g/mol. The molecule has 0 saturated carbocycles. The lowest BCUT2D eigenvalue weighted by Gasteiger charge is -2.24. The first kappa shape index (κ1) is 16.9. The van der Waals surface area contributed by atoms with Crippen LogP contribution in [0.15, 0.2) is 53.4 Å². The number of esters is 1. The van der Waals surface area contributed by atoms with E-state index in [1.165, 1.54) is 11.8 Å². The molecule has 0 radical (unpaired) electrons. The molecule has 0 aromatic heterocycles. The zero-order chi connectivity index (χ0) is 17.1. The third-order valence-corrected chi connectivity index (χ3v) is 5.33. The van der Waals surface area contributed by atoms with Crippen molar-refractivity contribution in [3.05, 3.63) is 59.1 Å². The Morgan fingerprint density at radius 1 is 1.25 bits per heavy atom. The fraction of sp³-hybridized carbons (Fsp3) is 0.222. The summed E-state index contributed by atoms with van der Waals surface area (Å²) in [6.07, 6.45) is -0.449. The molecular weight excluding hydrogens is 346 g/mol. The first-order chi connectivity index (χ1) is 11.5. The predicted molar refractivity (Wildman–Crippen MR) is 95.3 cm³/mol. The molecule has 0 aliphatic carbocycles.